The van der Waals surface area contributed by atoms with Crippen molar-refractivity contribution >= 4 is 7.82 Å². The summed E-state index contributed by atoms with van der Waals surface area (Å²) in [5.74, 6) is 0. The Hall–Kier alpha value is -0.670. The molecule has 0 atom stereocenters. The van der Waals surface area contributed by atoms with E-state index >= 15 is 0 Å². The molecular formula is C10H15O4P. The predicted molar refractivity (Wildman–Crippen MR) is 57.3 cm³/mol. The van der Waals surface area contributed by atoms with Gasteiger partial charge in [0.25, 0.3) is 0 Å². The lowest BCUT2D eigenvalue weighted by Crippen LogP contribution is -2.00. The van der Waals surface area contributed by atoms with Crippen molar-refractivity contribution in [3.63, 3.8) is 0 Å². The summed E-state index contributed by atoms with van der Waals surface area (Å²) in [5, 5.41) is 0. The Labute approximate surface area is 88.8 Å². The lowest BCUT2D eigenvalue weighted by Gasteiger charge is -2.13. The smallest absolute Gasteiger partial charge is 0.303 e. The van der Waals surface area contributed by atoms with E-state index in [1.54, 1.807) is 11.1 Å². The van der Waals surface area contributed by atoms with Crippen LogP contribution in [0.15, 0.2) is 24.3 Å². The molecule has 0 saturated carbocycles. The molecule has 0 bridgehead atoms. The summed E-state index contributed by atoms with van der Waals surface area (Å²) in [7, 11) is -4.64. The van der Waals surface area contributed by atoms with Crippen LogP contribution in [0.25, 0.3) is 0 Å². The molecule has 0 unspecified atom stereocenters. The van der Waals surface area contributed by atoms with Crippen molar-refractivity contribution in [1.82, 2.24) is 0 Å². The van der Waals surface area contributed by atoms with Gasteiger partial charge in [-0.25, -0.2) is 4.57 Å². The fraction of sp³-hybridized carbons (Fsp3) is 0.400. The Balaban J connectivity index is 0.000000195. The van der Waals surface area contributed by atoms with Gasteiger partial charge < -0.3 is 14.7 Å². The molecule has 0 amide bonds. The first-order valence-corrected chi connectivity index (χ1v) is 6.38. The Kier molecular flexibility index (Phi) is 4.48. The largest absolute Gasteiger partial charge is 0.466 e. The minimum Gasteiger partial charge on any atom is -0.303 e. The van der Waals surface area contributed by atoms with Crippen LogP contribution in [0.5, 0.6) is 0 Å². The van der Waals surface area contributed by atoms with Gasteiger partial charge in [0.05, 0.1) is 0 Å². The van der Waals surface area contributed by atoms with E-state index < -0.39 is 7.82 Å². The van der Waals surface area contributed by atoms with Gasteiger partial charge >= 0.3 is 7.82 Å². The molecule has 0 spiro atoms. The van der Waals surface area contributed by atoms with E-state index in [0.29, 0.717) is 0 Å². The van der Waals surface area contributed by atoms with Gasteiger partial charge in [0, 0.05) is 0 Å². The first-order chi connectivity index (χ1) is 6.97. The van der Waals surface area contributed by atoms with Gasteiger partial charge in [0.1, 0.15) is 0 Å². The highest BCUT2D eigenvalue weighted by molar-refractivity contribution is 7.45. The van der Waals surface area contributed by atoms with Gasteiger partial charge in [-0.2, -0.15) is 0 Å². The average molecular weight is 230 g/mol. The number of benzene rings is 1. The second-order valence-corrected chi connectivity index (χ2v) is 4.52. The van der Waals surface area contributed by atoms with Crippen LogP contribution in [0.1, 0.15) is 24.0 Å². The topological polar surface area (TPSA) is 77.8 Å². The molecule has 0 aliphatic heterocycles. The summed E-state index contributed by atoms with van der Waals surface area (Å²) in [4.78, 5) is 21.6. The van der Waals surface area contributed by atoms with Crippen molar-refractivity contribution in [2.75, 3.05) is 0 Å². The van der Waals surface area contributed by atoms with Crippen LogP contribution in [-0.2, 0) is 17.4 Å². The number of fused-ring (bicyclic) bond motifs is 1. The van der Waals surface area contributed by atoms with E-state index in [4.69, 9.17) is 19.2 Å². The maximum absolute atomic E-state index is 8.88. The standard InChI is InChI=1S/C10H12.H3O4P/c1-2-6-10-8-4-3-7-9(10)5-1;1-5(2,3)4/h1-2,5-6H,3-4,7-8H2;(H3,1,2,3,4). The van der Waals surface area contributed by atoms with E-state index in [1.165, 1.54) is 25.7 Å². The highest BCUT2D eigenvalue weighted by Crippen LogP contribution is 2.25. The minimum atomic E-state index is -4.64. The Morgan fingerprint density at radius 2 is 1.27 bits per heavy atom. The maximum Gasteiger partial charge on any atom is 0.466 e. The molecule has 1 aromatic rings. The van der Waals surface area contributed by atoms with Crippen LogP contribution in [0.2, 0.25) is 0 Å². The molecule has 3 N–H and O–H groups in total. The number of aryl methyl sites for hydroxylation is 2. The zero-order chi connectivity index (χ0) is 11.3. The molecular weight excluding hydrogens is 215 g/mol. The summed E-state index contributed by atoms with van der Waals surface area (Å²) in [6.45, 7) is 0. The van der Waals surface area contributed by atoms with Gasteiger partial charge in [-0.05, 0) is 36.8 Å². The molecule has 2 rings (SSSR count). The van der Waals surface area contributed by atoms with Crippen molar-refractivity contribution in [3.8, 4) is 0 Å². The monoisotopic (exact) mass is 230 g/mol. The Morgan fingerprint density at radius 1 is 0.933 bits per heavy atom. The summed E-state index contributed by atoms with van der Waals surface area (Å²) in [6.07, 6.45) is 5.38. The van der Waals surface area contributed by atoms with E-state index in [-0.39, 0.29) is 0 Å². The zero-order valence-electron chi connectivity index (χ0n) is 8.33. The molecule has 5 heteroatoms. The van der Waals surface area contributed by atoms with Crippen LogP contribution in [-0.4, -0.2) is 14.7 Å². The number of hydrogen-bond donors (Lipinski definition) is 3. The third-order valence-electron chi connectivity index (χ3n) is 2.26. The van der Waals surface area contributed by atoms with Crippen molar-refractivity contribution < 1.29 is 19.2 Å². The van der Waals surface area contributed by atoms with Gasteiger partial charge in [-0.3, -0.25) is 0 Å². The zero-order valence-corrected chi connectivity index (χ0v) is 9.23. The van der Waals surface area contributed by atoms with Crippen molar-refractivity contribution in [2.24, 2.45) is 0 Å². The summed E-state index contributed by atoms with van der Waals surface area (Å²) < 4.78 is 8.88. The third-order valence-corrected chi connectivity index (χ3v) is 2.26. The molecule has 0 aromatic heterocycles. The lowest BCUT2D eigenvalue weighted by molar-refractivity contribution is 0.275. The van der Waals surface area contributed by atoms with E-state index in [0.717, 1.165) is 0 Å². The van der Waals surface area contributed by atoms with Crippen LogP contribution < -0.4 is 0 Å². The predicted octanol–water partition coefficient (Wildman–Crippen LogP) is 1.64. The SMILES string of the molecule is O=P(O)(O)O.c1ccc2c(c1)CCCC2. The summed E-state index contributed by atoms with van der Waals surface area (Å²) in [6, 6.07) is 8.80. The van der Waals surface area contributed by atoms with Crippen molar-refractivity contribution in [3.05, 3.63) is 35.4 Å². The average Bonchev–Trinajstić information content (AvgIpc) is 2.16. The van der Waals surface area contributed by atoms with Crippen molar-refractivity contribution in [1.29, 1.82) is 0 Å². The third kappa shape index (κ3) is 5.70. The lowest BCUT2D eigenvalue weighted by atomic mass is 9.92. The first kappa shape index (κ1) is 12.4. The summed E-state index contributed by atoms with van der Waals surface area (Å²) in [5.41, 5.74) is 3.16. The molecule has 0 heterocycles. The quantitative estimate of drug-likeness (QED) is 0.592. The molecule has 1 aromatic carbocycles. The molecule has 0 saturated heterocycles. The second-order valence-electron chi connectivity index (χ2n) is 3.49. The van der Waals surface area contributed by atoms with Crippen LogP contribution >= 0.6 is 7.82 Å². The first-order valence-electron chi connectivity index (χ1n) is 4.82. The van der Waals surface area contributed by atoms with E-state index in [1.807, 2.05) is 0 Å². The highest BCUT2D eigenvalue weighted by atomic mass is 31.2. The minimum absolute atomic E-state index is 1.30. The van der Waals surface area contributed by atoms with Gasteiger partial charge in [0.15, 0.2) is 0 Å². The molecule has 1 aliphatic rings. The van der Waals surface area contributed by atoms with Gasteiger partial charge in [-0.1, -0.05) is 24.3 Å². The molecule has 84 valence electrons. The molecule has 15 heavy (non-hydrogen) atoms. The normalized spacial score (nSPS) is 14.9. The number of hydrogen-bond acceptors (Lipinski definition) is 1. The van der Waals surface area contributed by atoms with Crippen LogP contribution in [0.4, 0.5) is 0 Å². The second kappa shape index (κ2) is 5.42. The number of phosphoric acid groups is 1. The maximum atomic E-state index is 8.88. The molecule has 0 radical (unpaired) electrons. The Morgan fingerprint density at radius 3 is 1.60 bits per heavy atom. The van der Waals surface area contributed by atoms with Gasteiger partial charge in [0.2, 0.25) is 0 Å². The molecule has 1 aliphatic carbocycles. The fourth-order valence-electron chi connectivity index (χ4n) is 1.68. The number of rotatable bonds is 0. The van der Waals surface area contributed by atoms with Crippen LogP contribution in [0.3, 0.4) is 0 Å². The molecule has 4 nitrogen and oxygen atoms in total. The fourth-order valence-corrected chi connectivity index (χ4v) is 1.68. The van der Waals surface area contributed by atoms with Gasteiger partial charge in [-0.15, -0.1) is 0 Å². The van der Waals surface area contributed by atoms with E-state index in [9.17, 15) is 0 Å². The van der Waals surface area contributed by atoms with E-state index in [2.05, 4.69) is 24.3 Å². The summed E-state index contributed by atoms with van der Waals surface area (Å²) >= 11 is 0. The van der Waals surface area contributed by atoms with Crippen molar-refractivity contribution in [2.45, 2.75) is 25.7 Å². The molecule has 0 fully saturated rings. The Bertz CT molecular complexity index is 325. The highest BCUT2D eigenvalue weighted by Gasteiger charge is 2.05. The van der Waals surface area contributed by atoms with Crippen LogP contribution in [0, 0.1) is 0 Å².